The Kier molecular flexibility index (Phi) is 8.40. The van der Waals surface area contributed by atoms with E-state index in [1.165, 1.54) is 0 Å². The zero-order chi connectivity index (χ0) is 17.9. The molecule has 2 aromatic heterocycles. The van der Waals surface area contributed by atoms with Gasteiger partial charge < -0.3 is 14.4 Å². The Labute approximate surface area is 160 Å². The summed E-state index contributed by atoms with van der Waals surface area (Å²) in [6, 6.07) is 2.58. The summed E-state index contributed by atoms with van der Waals surface area (Å²) in [6.07, 6.45) is 0. The molecule has 0 radical (unpaired) electrons. The Hall–Kier alpha value is -2.48. The van der Waals surface area contributed by atoms with Gasteiger partial charge in [-0.25, -0.2) is 4.79 Å². The molecule has 0 aliphatic rings. The molecule has 0 spiro atoms. The van der Waals surface area contributed by atoms with Crippen LogP contribution in [0.3, 0.4) is 0 Å². The maximum atomic E-state index is 11.9. The number of nitrogens with zero attached hydrogens (tertiary/aromatic N) is 3. The first-order valence-electron chi connectivity index (χ1n) is 7.24. The molecule has 9 nitrogen and oxygen atoms in total. The molecule has 0 saturated heterocycles. The average molecular weight is 409 g/mol. The Morgan fingerprint density at radius 3 is 2.54 bits per heavy atom. The van der Waals surface area contributed by atoms with Gasteiger partial charge >= 0.3 is 22.5 Å². The Balaban J connectivity index is 0.00000312. The molecule has 0 unspecified atom stereocenters. The monoisotopic (exact) mass is 408 g/mol. The van der Waals surface area contributed by atoms with Gasteiger partial charge in [0.2, 0.25) is 11.7 Å². The second kappa shape index (κ2) is 9.28. The summed E-state index contributed by atoms with van der Waals surface area (Å²) in [5.41, 5.74) is -1.32. The molecule has 0 aliphatic heterocycles. The van der Waals surface area contributed by atoms with Gasteiger partial charge in [0.25, 0.3) is 5.56 Å². The molecule has 0 fully saturated rings. The molecule has 0 atom stereocenters. The molecule has 0 bridgehead atoms. The van der Waals surface area contributed by atoms with Crippen molar-refractivity contribution in [3.8, 4) is 5.88 Å². The third kappa shape index (κ3) is 5.52. The van der Waals surface area contributed by atoms with Gasteiger partial charge in [0, 0.05) is 17.5 Å². The molecule has 0 amide bonds. The molecule has 10 heteroatoms. The first kappa shape index (κ1) is 23.5. The van der Waals surface area contributed by atoms with E-state index in [1.807, 2.05) is 20.8 Å². The Morgan fingerprint density at radius 2 is 2.00 bits per heavy atom. The summed E-state index contributed by atoms with van der Waals surface area (Å²) >= 11 is 0. The molecule has 2 rings (SSSR count). The van der Waals surface area contributed by atoms with E-state index in [0.29, 0.717) is 5.76 Å². The summed E-state index contributed by atoms with van der Waals surface area (Å²) in [4.78, 5) is 25.5. The average Bonchev–Trinajstić information content (AvgIpc) is 2.95. The minimum atomic E-state index is -0.789. The number of ether oxygens (including phenoxy) is 1. The molecule has 2 aromatic rings. The fourth-order valence-electron chi connectivity index (χ4n) is 1.77. The Bertz CT molecular complexity index is 836. The molecule has 2 N–H and O–H groups in total. The third-order valence-corrected chi connectivity index (χ3v) is 2.98. The van der Waals surface area contributed by atoms with Crippen LogP contribution < -0.4 is 5.56 Å². The molecule has 26 heavy (non-hydrogen) atoms. The van der Waals surface area contributed by atoms with E-state index in [1.54, 1.807) is 13.0 Å². The van der Waals surface area contributed by atoms with E-state index < -0.39 is 17.4 Å². The summed E-state index contributed by atoms with van der Waals surface area (Å²) in [5.74, 6) is -0.606. The van der Waals surface area contributed by atoms with Gasteiger partial charge in [-0.3, -0.25) is 9.78 Å². The van der Waals surface area contributed by atoms with Crippen LogP contribution >= 0.6 is 0 Å². The normalized spacial score (nSPS) is 10.9. The van der Waals surface area contributed by atoms with Crippen molar-refractivity contribution in [3.63, 3.8) is 0 Å². The number of rotatable bonds is 4. The summed E-state index contributed by atoms with van der Waals surface area (Å²) in [6.45, 7) is 7.57. The van der Waals surface area contributed by atoms with Crippen molar-refractivity contribution < 1.29 is 35.7 Å². The molecule has 0 saturated carbocycles. The van der Waals surface area contributed by atoms with Crippen molar-refractivity contribution in [2.24, 2.45) is 10.2 Å². The first-order valence-corrected chi connectivity index (χ1v) is 7.24. The maximum Gasteiger partial charge on any atom is 2.00 e. The molecule has 0 aliphatic carbocycles. The molecule has 2 heterocycles. The fraction of sp³-hybridized carbons (Fsp3) is 0.438. The second-order valence-electron chi connectivity index (χ2n) is 5.96. The number of pyridine rings is 1. The van der Waals surface area contributed by atoms with Crippen molar-refractivity contribution in [2.45, 2.75) is 40.5 Å². The largest absolute Gasteiger partial charge is 2.00 e. The standard InChI is InChI=1S/C15H18N4O5.CH4.Ni/c1-5-23-14(22)8-6-11(20)16-13(21)12(8)18-17-10-7-9(24-19-10)15(2,3)4;;/h6-7H,5H2,1-4H3,(H2,16,20,21);1H4;/q;;+2. The number of azo groups is 1. The van der Waals surface area contributed by atoms with Gasteiger partial charge in [-0.2, -0.15) is 0 Å². The van der Waals surface area contributed by atoms with Crippen LogP contribution in [0.5, 0.6) is 5.88 Å². The quantitative estimate of drug-likeness (QED) is 0.451. The minimum absolute atomic E-state index is 0. The maximum absolute atomic E-state index is 11.9. The van der Waals surface area contributed by atoms with Crippen molar-refractivity contribution in [1.29, 1.82) is 0 Å². The molecule has 0 aromatic carbocycles. The van der Waals surface area contributed by atoms with Crippen LogP contribution in [0.4, 0.5) is 11.5 Å². The number of carbonyl (C=O) groups is 1. The number of aromatic amines is 1. The van der Waals surface area contributed by atoms with E-state index in [-0.39, 0.29) is 53.0 Å². The third-order valence-electron chi connectivity index (χ3n) is 2.98. The molecular weight excluding hydrogens is 387 g/mol. The first-order chi connectivity index (χ1) is 11.2. The molecular formula is C16H22N4NiO5+2. The number of H-pyrrole nitrogens is 1. The van der Waals surface area contributed by atoms with E-state index in [0.717, 1.165) is 6.07 Å². The van der Waals surface area contributed by atoms with Gasteiger partial charge in [0.1, 0.15) is 5.76 Å². The number of nitrogens with one attached hydrogen (secondary N) is 1. The van der Waals surface area contributed by atoms with Crippen molar-refractivity contribution >= 4 is 17.5 Å². The van der Waals surface area contributed by atoms with E-state index in [4.69, 9.17) is 9.26 Å². The number of hydrogen-bond acceptors (Lipinski definition) is 8. The SMILES string of the molecule is C.CCOC(=O)c1cc(=O)[nH]c(O)c1N=Nc1cc(C(C)(C)C)on1.[Ni+2]. The van der Waals surface area contributed by atoms with Gasteiger partial charge in [0.15, 0.2) is 5.69 Å². The van der Waals surface area contributed by atoms with Crippen molar-refractivity contribution in [2.75, 3.05) is 6.61 Å². The van der Waals surface area contributed by atoms with Crippen LogP contribution in [0.1, 0.15) is 51.2 Å². The summed E-state index contributed by atoms with van der Waals surface area (Å²) in [7, 11) is 0. The van der Waals surface area contributed by atoms with E-state index >= 15 is 0 Å². The van der Waals surface area contributed by atoms with Crippen LogP contribution in [0.25, 0.3) is 0 Å². The molecule has 144 valence electrons. The van der Waals surface area contributed by atoms with Crippen LogP contribution in [0.15, 0.2) is 31.7 Å². The number of carbonyl (C=O) groups excluding carboxylic acids is 1. The van der Waals surface area contributed by atoms with Gasteiger partial charge in [-0.1, -0.05) is 33.4 Å². The number of hydrogen-bond donors (Lipinski definition) is 2. The zero-order valence-electron chi connectivity index (χ0n) is 14.1. The zero-order valence-corrected chi connectivity index (χ0v) is 15.1. The van der Waals surface area contributed by atoms with Crippen LogP contribution in [-0.2, 0) is 26.6 Å². The van der Waals surface area contributed by atoms with E-state index in [9.17, 15) is 14.7 Å². The van der Waals surface area contributed by atoms with Crippen molar-refractivity contribution in [1.82, 2.24) is 10.1 Å². The van der Waals surface area contributed by atoms with Gasteiger partial charge in [0.05, 0.1) is 12.2 Å². The smallest absolute Gasteiger partial charge is 0.493 e. The minimum Gasteiger partial charge on any atom is -0.493 e. The Morgan fingerprint density at radius 1 is 1.35 bits per heavy atom. The van der Waals surface area contributed by atoms with Gasteiger partial charge in [-0.15, -0.1) is 10.2 Å². The second-order valence-corrected chi connectivity index (χ2v) is 5.96. The van der Waals surface area contributed by atoms with Crippen LogP contribution in [0, 0.1) is 0 Å². The van der Waals surface area contributed by atoms with E-state index in [2.05, 4.69) is 20.4 Å². The topological polar surface area (TPSA) is 130 Å². The number of aromatic nitrogens is 2. The van der Waals surface area contributed by atoms with Gasteiger partial charge in [-0.05, 0) is 6.92 Å². The fourth-order valence-corrected chi connectivity index (χ4v) is 1.77. The van der Waals surface area contributed by atoms with Crippen LogP contribution in [-0.4, -0.2) is 27.8 Å². The predicted octanol–water partition coefficient (Wildman–Crippen LogP) is 3.59. The summed E-state index contributed by atoms with van der Waals surface area (Å²) < 4.78 is 10.0. The number of esters is 1. The van der Waals surface area contributed by atoms with Crippen LogP contribution in [0.2, 0.25) is 0 Å². The predicted molar refractivity (Wildman–Crippen MR) is 90.8 cm³/mol. The summed E-state index contributed by atoms with van der Waals surface area (Å²) in [5, 5.41) is 21.2. The van der Waals surface area contributed by atoms with Crippen molar-refractivity contribution in [3.05, 3.63) is 33.8 Å². The number of aromatic hydroxyl groups is 1.